The number of likely N-dealkylation sites (tertiary alicyclic amines) is 1. The predicted octanol–water partition coefficient (Wildman–Crippen LogP) is 3.84. The van der Waals surface area contributed by atoms with Gasteiger partial charge in [-0.3, -0.25) is 9.88 Å². The Balaban J connectivity index is 1.36. The minimum Gasteiger partial charge on any atom is -0.298 e. The first-order valence-electron chi connectivity index (χ1n) is 8.85. The molecule has 0 amide bonds. The SMILES string of the molecule is c1cncc(-c2ccc3nc([C@H]4CCN(Cc5ccsc5)C4)nn3c2)c1. The van der Waals surface area contributed by atoms with E-state index in [-0.39, 0.29) is 0 Å². The fraction of sp³-hybridized carbons (Fsp3) is 0.250. The first kappa shape index (κ1) is 15.7. The van der Waals surface area contributed by atoms with Crippen LogP contribution in [0.15, 0.2) is 59.7 Å². The van der Waals surface area contributed by atoms with E-state index in [1.165, 1.54) is 5.56 Å². The van der Waals surface area contributed by atoms with Gasteiger partial charge in [0.25, 0.3) is 0 Å². The fourth-order valence-corrected chi connectivity index (χ4v) is 4.27. The van der Waals surface area contributed by atoms with Crippen LogP contribution in [0, 0.1) is 0 Å². The number of hydrogen-bond donors (Lipinski definition) is 0. The van der Waals surface area contributed by atoms with Gasteiger partial charge in [0.1, 0.15) is 0 Å². The maximum Gasteiger partial charge on any atom is 0.156 e. The van der Waals surface area contributed by atoms with Gasteiger partial charge in [-0.2, -0.15) is 16.4 Å². The van der Waals surface area contributed by atoms with Crippen molar-refractivity contribution >= 4 is 17.0 Å². The van der Waals surface area contributed by atoms with Gasteiger partial charge in [-0.25, -0.2) is 9.50 Å². The maximum atomic E-state index is 4.77. The Labute approximate surface area is 156 Å². The van der Waals surface area contributed by atoms with Gasteiger partial charge in [-0.1, -0.05) is 6.07 Å². The highest BCUT2D eigenvalue weighted by Gasteiger charge is 2.27. The highest BCUT2D eigenvalue weighted by molar-refractivity contribution is 7.07. The van der Waals surface area contributed by atoms with Crippen molar-refractivity contribution in [2.24, 2.45) is 0 Å². The predicted molar refractivity (Wildman–Crippen MR) is 103 cm³/mol. The van der Waals surface area contributed by atoms with Gasteiger partial charge in [-0.05, 0) is 53.6 Å². The first-order chi connectivity index (χ1) is 12.8. The molecule has 5 rings (SSSR count). The van der Waals surface area contributed by atoms with Gasteiger partial charge in [-0.15, -0.1) is 0 Å². The highest BCUT2D eigenvalue weighted by atomic mass is 32.1. The minimum atomic E-state index is 0.412. The molecule has 1 saturated heterocycles. The van der Waals surface area contributed by atoms with E-state index in [9.17, 15) is 0 Å². The van der Waals surface area contributed by atoms with Crippen LogP contribution in [-0.2, 0) is 6.54 Å². The van der Waals surface area contributed by atoms with E-state index in [0.29, 0.717) is 5.92 Å². The molecule has 4 aromatic rings. The second-order valence-electron chi connectivity index (χ2n) is 6.78. The quantitative estimate of drug-likeness (QED) is 0.554. The van der Waals surface area contributed by atoms with Crippen molar-refractivity contribution in [3.05, 3.63) is 71.1 Å². The van der Waals surface area contributed by atoms with Gasteiger partial charge < -0.3 is 0 Å². The molecule has 4 aromatic heterocycles. The molecule has 5 heterocycles. The van der Waals surface area contributed by atoms with Crippen LogP contribution in [0.25, 0.3) is 16.8 Å². The summed E-state index contributed by atoms with van der Waals surface area (Å²) in [5.41, 5.74) is 4.51. The zero-order chi connectivity index (χ0) is 17.3. The summed E-state index contributed by atoms with van der Waals surface area (Å²) in [5, 5.41) is 9.15. The molecule has 0 N–H and O–H groups in total. The van der Waals surface area contributed by atoms with Crippen LogP contribution in [0.4, 0.5) is 0 Å². The summed E-state index contributed by atoms with van der Waals surface area (Å²) in [5.74, 6) is 1.37. The smallest absolute Gasteiger partial charge is 0.156 e. The molecule has 0 aliphatic carbocycles. The second-order valence-corrected chi connectivity index (χ2v) is 7.56. The molecule has 6 heteroatoms. The third-order valence-corrected chi connectivity index (χ3v) is 5.70. The van der Waals surface area contributed by atoms with E-state index < -0.39 is 0 Å². The van der Waals surface area contributed by atoms with Gasteiger partial charge >= 0.3 is 0 Å². The average Bonchev–Trinajstić information content (AvgIpc) is 3.42. The van der Waals surface area contributed by atoms with Crippen LogP contribution < -0.4 is 0 Å². The Morgan fingerprint density at radius 2 is 2.15 bits per heavy atom. The number of rotatable bonds is 4. The van der Waals surface area contributed by atoms with Crippen molar-refractivity contribution in [2.75, 3.05) is 13.1 Å². The number of thiophene rings is 1. The van der Waals surface area contributed by atoms with E-state index in [0.717, 1.165) is 48.7 Å². The minimum absolute atomic E-state index is 0.412. The lowest BCUT2D eigenvalue weighted by Crippen LogP contribution is -2.19. The number of aromatic nitrogens is 4. The van der Waals surface area contributed by atoms with Gasteiger partial charge in [0.2, 0.25) is 0 Å². The van der Waals surface area contributed by atoms with E-state index >= 15 is 0 Å². The highest BCUT2D eigenvalue weighted by Crippen LogP contribution is 2.27. The molecular weight excluding hydrogens is 342 g/mol. The van der Waals surface area contributed by atoms with E-state index in [2.05, 4.69) is 38.8 Å². The first-order valence-corrected chi connectivity index (χ1v) is 9.79. The van der Waals surface area contributed by atoms with Crippen molar-refractivity contribution in [1.82, 2.24) is 24.5 Å². The Hall–Kier alpha value is -2.57. The van der Waals surface area contributed by atoms with Crippen molar-refractivity contribution in [3.8, 4) is 11.1 Å². The van der Waals surface area contributed by atoms with Crippen molar-refractivity contribution in [3.63, 3.8) is 0 Å². The average molecular weight is 361 g/mol. The molecule has 0 spiro atoms. The summed E-state index contributed by atoms with van der Waals surface area (Å²) < 4.78 is 1.90. The topological polar surface area (TPSA) is 46.3 Å². The molecule has 0 aromatic carbocycles. The van der Waals surface area contributed by atoms with E-state index in [1.807, 2.05) is 29.0 Å². The Morgan fingerprint density at radius 3 is 3.00 bits per heavy atom. The molecule has 0 radical (unpaired) electrons. The second kappa shape index (κ2) is 6.63. The van der Waals surface area contributed by atoms with E-state index in [4.69, 9.17) is 10.1 Å². The lowest BCUT2D eigenvalue weighted by atomic mass is 10.1. The van der Waals surface area contributed by atoms with Crippen LogP contribution in [-0.4, -0.2) is 37.6 Å². The molecule has 5 nitrogen and oxygen atoms in total. The number of fused-ring (bicyclic) bond motifs is 1. The van der Waals surface area contributed by atoms with Crippen LogP contribution in [0.3, 0.4) is 0 Å². The molecule has 0 unspecified atom stereocenters. The third-order valence-electron chi connectivity index (χ3n) is 4.97. The summed E-state index contributed by atoms with van der Waals surface area (Å²) >= 11 is 1.76. The van der Waals surface area contributed by atoms with Crippen LogP contribution in [0.1, 0.15) is 23.7 Å². The Bertz CT molecular complexity index is 1010. The van der Waals surface area contributed by atoms with Crippen molar-refractivity contribution in [2.45, 2.75) is 18.9 Å². The van der Waals surface area contributed by atoms with Crippen LogP contribution >= 0.6 is 11.3 Å². The van der Waals surface area contributed by atoms with Gasteiger partial charge in [0.15, 0.2) is 11.5 Å². The standard InChI is InChI=1S/C20H19N5S/c1-2-16(10-21-7-1)17-3-4-19-22-20(23-25(19)13-17)18-5-8-24(12-18)11-15-6-9-26-14-15/h1-4,6-7,9-10,13-14,18H,5,8,11-12H2/t18-/m0/s1. The third kappa shape index (κ3) is 3.02. The maximum absolute atomic E-state index is 4.77. The molecule has 0 bridgehead atoms. The number of nitrogens with zero attached hydrogens (tertiary/aromatic N) is 5. The molecule has 1 fully saturated rings. The van der Waals surface area contributed by atoms with Gasteiger partial charge in [0.05, 0.1) is 0 Å². The van der Waals surface area contributed by atoms with Crippen LogP contribution in [0.5, 0.6) is 0 Å². The van der Waals surface area contributed by atoms with Crippen LogP contribution in [0.2, 0.25) is 0 Å². The summed E-state index contributed by atoms with van der Waals surface area (Å²) in [7, 11) is 0. The zero-order valence-corrected chi connectivity index (χ0v) is 15.1. The lowest BCUT2D eigenvalue weighted by Gasteiger charge is -2.13. The molecule has 1 aliphatic rings. The number of pyridine rings is 2. The van der Waals surface area contributed by atoms with E-state index in [1.54, 1.807) is 17.5 Å². The monoisotopic (exact) mass is 361 g/mol. The molecule has 1 atom stereocenters. The normalized spacial score (nSPS) is 17.9. The zero-order valence-electron chi connectivity index (χ0n) is 14.3. The lowest BCUT2D eigenvalue weighted by molar-refractivity contribution is 0.326. The summed E-state index contributed by atoms with van der Waals surface area (Å²) in [6.07, 6.45) is 6.83. The van der Waals surface area contributed by atoms with Crippen molar-refractivity contribution in [1.29, 1.82) is 0 Å². The largest absolute Gasteiger partial charge is 0.298 e. The van der Waals surface area contributed by atoms with Gasteiger partial charge in [0, 0.05) is 48.7 Å². The van der Waals surface area contributed by atoms with Crippen molar-refractivity contribution < 1.29 is 0 Å². The Morgan fingerprint density at radius 1 is 1.15 bits per heavy atom. The molecule has 130 valence electrons. The number of hydrogen-bond acceptors (Lipinski definition) is 5. The molecule has 1 aliphatic heterocycles. The summed E-state index contributed by atoms with van der Waals surface area (Å²) in [6, 6.07) is 10.3. The molecule has 0 saturated carbocycles. The summed E-state index contributed by atoms with van der Waals surface area (Å²) in [6.45, 7) is 3.16. The fourth-order valence-electron chi connectivity index (χ4n) is 3.61. The molecular formula is C20H19N5S. The molecule has 26 heavy (non-hydrogen) atoms. The summed E-state index contributed by atoms with van der Waals surface area (Å²) in [4.78, 5) is 11.5. The Kier molecular flexibility index (Phi) is 3.99.